The molecule has 0 aliphatic rings. The monoisotopic (exact) mass is 620 g/mol. The van der Waals surface area contributed by atoms with E-state index >= 15 is 0 Å². The zero-order valence-electron chi connectivity index (χ0n) is 28.2. The fraction of sp³-hybridized carbons (Fsp3) is 0.136. The molecule has 0 atom stereocenters. The molecule has 4 heteroatoms. The van der Waals surface area contributed by atoms with Crippen LogP contribution in [0.5, 0.6) is 0 Å². The Bertz CT molecular complexity index is 2530. The van der Waals surface area contributed by atoms with Gasteiger partial charge in [0.05, 0.1) is 45.1 Å². The predicted molar refractivity (Wildman–Crippen MR) is 200 cm³/mol. The summed E-state index contributed by atoms with van der Waals surface area (Å²) in [7, 11) is 0. The Hall–Kier alpha value is -6.10. The van der Waals surface area contributed by atoms with Crippen molar-refractivity contribution in [2.24, 2.45) is 0 Å². The van der Waals surface area contributed by atoms with Crippen LogP contribution in [0.1, 0.15) is 47.2 Å². The topological polar surface area (TPSA) is 57.4 Å². The highest BCUT2D eigenvalue weighted by molar-refractivity contribution is 6.12. The molecule has 0 saturated heterocycles. The Morgan fingerprint density at radius 3 is 1.38 bits per heavy atom. The summed E-state index contributed by atoms with van der Waals surface area (Å²) in [6.07, 6.45) is 0. The van der Waals surface area contributed by atoms with Crippen molar-refractivity contribution in [3.8, 4) is 34.6 Å². The Morgan fingerprint density at radius 1 is 0.479 bits per heavy atom. The number of nitrogens with zero attached hydrogens (tertiary/aromatic N) is 4. The lowest BCUT2D eigenvalue weighted by Crippen LogP contribution is -2.06. The lowest BCUT2D eigenvalue weighted by atomic mass is 9.97. The normalized spacial score (nSPS) is 11.1. The van der Waals surface area contributed by atoms with Crippen LogP contribution in [0.25, 0.3) is 66.1 Å². The summed E-state index contributed by atoms with van der Waals surface area (Å²) in [5.41, 5.74) is 13.5. The molecule has 4 nitrogen and oxygen atoms in total. The van der Waals surface area contributed by atoms with Gasteiger partial charge in [-0.25, -0.2) is 0 Å². The van der Waals surface area contributed by atoms with Crippen molar-refractivity contribution in [2.75, 3.05) is 0 Å². The highest BCUT2D eigenvalue weighted by atomic mass is 15.0. The molecular formula is C44H36N4. The van der Waals surface area contributed by atoms with Crippen LogP contribution in [0.2, 0.25) is 0 Å². The zero-order valence-corrected chi connectivity index (χ0v) is 28.2. The maximum atomic E-state index is 11.2. The van der Waals surface area contributed by atoms with Gasteiger partial charge in [0.2, 0.25) is 0 Å². The van der Waals surface area contributed by atoms with Gasteiger partial charge in [0, 0.05) is 27.1 Å². The maximum Gasteiger partial charge on any atom is 0.104 e. The first-order valence-electron chi connectivity index (χ1n) is 16.5. The van der Waals surface area contributed by atoms with Crippen LogP contribution in [0.15, 0.2) is 109 Å². The minimum absolute atomic E-state index is 0.569. The van der Waals surface area contributed by atoms with Crippen molar-refractivity contribution in [3.05, 3.63) is 143 Å². The van der Waals surface area contributed by atoms with Gasteiger partial charge >= 0.3 is 0 Å². The van der Waals surface area contributed by atoms with E-state index < -0.39 is 0 Å². The van der Waals surface area contributed by atoms with E-state index in [1.54, 1.807) is 0 Å². The van der Waals surface area contributed by atoms with Gasteiger partial charge in [-0.3, -0.25) is 0 Å². The smallest absolute Gasteiger partial charge is 0.104 e. The first kappa shape index (κ1) is 30.5. The van der Waals surface area contributed by atoms with Crippen LogP contribution < -0.4 is 0 Å². The summed E-state index contributed by atoms with van der Waals surface area (Å²) in [6.45, 7) is 12.5. The van der Waals surface area contributed by atoms with E-state index in [1.165, 1.54) is 22.3 Å². The zero-order chi connectivity index (χ0) is 33.7. The van der Waals surface area contributed by atoms with E-state index in [0.29, 0.717) is 11.1 Å². The van der Waals surface area contributed by atoms with E-state index in [4.69, 9.17) is 0 Å². The molecular weight excluding hydrogens is 585 g/mol. The van der Waals surface area contributed by atoms with Crippen LogP contribution in [0.3, 0.4) is 0 Å². The predicted octanol–water partition coefficient (Wildman–Crippen LogP) is 11.6. The van der Waals surface area contributed by atoms with Crippen LogP contribution in [0, 0.1) is 50.4 Å². The molecule has 0 aliphatic heterocycles. The highest BCUT2D eigenvalue weighted by Crippen LogP contribution is 2.42. The number of benzene rings is 6. The maximum absolute atomic E-state index is 11.2. The molecule has 0 unspecified atom stereocenters. The molecule has 8 rings (SSSR count). The van der Waals surface area contributed by atoms with Gasteiger partial charge < -0.3 is 9.13 Å². The average Bonchev–Trinajstić information content (AvgIpc) is 3.59. The lowest BCUT2D eigenvalue weighted by Gasteiger charge is -2.20. The third kappa shape index (κ3) is 4.74. The third-order valence-corrected chi connectivity index (χ3v) is 9.19. The second kappa shape index (κ2) is 11.9. The Kier molecular flexibility index (Phi) is 7.59. The van der Waals surface area contributed by atoms with Gasteiger partial charge in [0.25, 0.3) is 0 Å². The first-order valence-corrected chi connectivity index (χ1v) is 16.5. The van der Waals surface area contributed by atoms with Gasteiger partial charge in [0.1, 0.15) is 11.6 Å². The minimum atomic E-state index is 0.569. The number of aromatic nitrogens is 2. The summed E-state index contributed by atoms with van der Waals surface area (Å²) in [4.78, 5) is 0. The SMILES string of the molecule is CC.Cc1ccc2c(c1)c1cc(C)ccc1n2-c1ccc(-c2cccc(C#N)c2)c(-n2c3ccc(C)cc3c3cc(C)ccc32)c1C#N. The first-order chi connectivity index (χ1) is 23.4. The Morgan fingerprint density at radius 2 is 0.938 bits per heavy atom. The molecule has 0 bridgehead atoms. The van der Waals surface area contributed by atoms with Gasteiger partial charge in [-0.1, -0.05) is 78.6 Å². The summed E-state index contributed by atoms with van der Waals surface area (Å²) in [5, 5.41) is 25.6. The van der Waals surface area contributed by atoms with Crippen molar-refractivity contribution >= 4 is 43.6 Å². The fourth-order valence-corrected chi connectivity index (χ4v) is 7.10. The molecule has 48 heavy (non-hydrogen) atoms. The van der Waals surface area contributed by atoms with Gasteiger partial charge in [-0.2, -0.15) is 10.5 Å². The molecule has 8 aromatic rings. The quantitative estimate of drug-likeness (QED) is 0.197. The van der Waals surface area contributed by atoms with Crippen molar-refractivity contribution in [1.29, 1.82) is 10.5 Å². The van der Waals surface area contributed by atoms with Crippen molar-refractivity contribution in [3.63, 3.8) is 0 Å². The lowest BCUT2D eigenvalue weighted by molar-refractivity contribution is 1.12. The Balaban J connectivity index is 0.00000179. The standard InChI is InChI=1S/C42H30N4.C2H6/c1-25-8-13-37-32(18-25)33-19-26(2)9-14-38(33)45(37)41-17-12-31(30-7-5-6-29(22-30)23-43)42(36(41)24-44)46-39-15-10-27(3)20-34(39)35-21-28(4)11-16-40(35)46;1-2/h5-22H,1-4H3;1-2H3. The van der Waals surface area contributed by atoms with Crippen molar-refractivity contribution in [2.45, 2.75) is 41.5 Å². The molecule has 0 saturated carbocycles. The summed E-state index contributed by atoms with van der Waals surface area (Å²) in [6, 6.07) is 42.9. The molecule has 232 valence electrons. The van der Waals surface area contributed by atoms with E-state index in [2.05, 4.69) is 134 Å². The van der Waals surface area contributed by atoms with Crippen LogP contribution in [-0.4, -0.2) is 9.13 Å². The second-order valence-corrected chi connectivity index (χ2v) is 12.4. The molecule has 0 amide bonds. The van der Waals surface area contributed by atoms with Crippen LogP contribution >= 0.6 is 0 Å². The molecule has 0 spiro atoms. The minimum Gasteiger partial charge on any atom is -0.308 e. The average molecular weight is 621 g/mol. The van der Waals surface area contributed by atoms with E-state index in [-0.39, 0.29) is 0 Å². The molecule has 2 heterocycles. The van der Waals surface area contributed by atoms with E-state index in [1.807, 2.05) is 38.1 Å². The summed E-state index contributed by atoms with van der Waals surface area (Å²) < 4.78 is 4.49. The molecule has 0 fully saturated rings. The van der Waals surface area contributed by atoms with Crippen LogP contribution in [0.4, 0.5) is 0 Å². The molecule has 6 aromatic carbocycles. The number of nitriles is 2. The van der Waals surface area contributed by atoms with Gasteiger partial charge in [0.15, 0.2) is 0 Å². The molecule has 0 radical (unpaired) electrons. The molecule has 2 aromatic heterocycles. The fourth-order valence-electron chi connectivity index (χ4n) is 7.10. The number of rotatable bonds is 3. The number of hydrogen-bond donors (Lipinski definition) is 0. The van der Waals surface area contributed by atoms with Gasteiger partial charge in [-0.15, -0.1) is 0 Å². The number of hydrogen-bond acceptors (Lipinski definition) is 2. The van der Waals surface area contributed by atoms with Crippen molar-refractivity contribution < 1.29 is 0 Å². The molecule has 0 aliphatic carbocycles. The number of fused-ring (bicyclic) bond motifs is 6. The Labute approximate surface area is 281 Å². The largest absolute Gasteiger partial charge is 0.308 e. The summed E-state index contributed by atoms with van der Waals surface area (Å²) >= 11 is 0. The second-order valence-electron chi connectivity index (χ2n) is 12.4. The van der Waals surface area contributed by atoms with E-state index in [9.17, 15) is 10.5 Å². The number of aryl methyl sites for hydroxylation is 4. The molecule has 0 N–H and O–H groups in total. The highest BCUT2D eigenvalue weighted by Gasteiger charge is 2.24. The van der Waals surface area contributed by atoms with Crippen LogP contribution in [-0.2, 0) is 0 Å². The van der Waals surface area contributed by atoms with E-state index in [0.717, 1.165) is 66.1 Å². The van der Waals surface area contributed by atoms with Gasteiger partial charge in [-0.05, 0) is 100.0 Å². The third-order valence-electron chi connectivity index (χ3n) is 9.19. The summed E-state index contributed by atoms with van der Waals surface area (Å²) in [5.74, 6) is 0. The van der Waals surface area contributed by atoms with Crippen molar-refractivity contribution in [1.82, 2.24) is 9.13 Å².